The molecular weight excluding hydrogens is 343 g/mol. The van der Waals surface area contributed by atoms with E-state index in [2.05, 4.69) is 5.10 Å². The molecule has 0 bridgehead atoms. The number of benzene rings is 2. The molecule has 0 amide bonds. The van der Waals surface area contributed by atoms with Gasteiger partial charge in [-0.25, -0.2) is 12.8 Å². The Balaban J connectivity index is 2.00. The van der Waals surface area contributed by atoms with Gasteiger partial charge >= 0.3 is 0 Å². The molecule has 1 aromatic heterocycles. The van der Waals surface area contributed by atoms with Crippen LogP contribution in [0.2, 0.25) is 0 Å². The summed E-state index contributed by atoms with van der Waals surface area (Å²) in [7, 11) is -2.48. The molecule has 0 fully saturated rings. The van der Waals surface area contributed by atoms with E-state index < -0.39 is 10.7 Å². The summed E-state index contributed by atoms with van der Waals surface area (Å²) in [5, 5.41) is 4.17. The Kier molecular flexibility index (Phi) is 4.76. The second-order valence-electron chi connectivity index (χ2n) is 5.56. The third-order valence-corrected chi connectivity index (χ3v) is 4.49. The maximum atomic E-state index is 13.0. The van der Waals surface area contributed by atoms with Crippen LogP contribution in [0, 0.1) is 12.7 Å². The first-order valence-electron chi connectivity index (χ1n) is 7.51. The molecule has 0 aliphatic carbocycles. The lowest BCUT2D eigenvalue weighted by atomic mass is 10.0. The molecule has 0 spiro atoms. The van der Waals surface area contributed by atoms with E-state index in [1.807, 2.05) is 0 Å². The van der Waals surface area contributed by atoms with E-state index in [-0.39, 0.29) is 17.1 Å². The summed E-state index contributed by atoms with van der Waals surface area (Å²) in [6.45, 7) is 1.70. The minimum atomic E-state index is -2.48. The summed E-state index contributed by atoms with van der Waals surface area (Å²) in [6.07, 6.45) is 1.57. The molecule has 0 radical (unpaired) electrons. The zero-order valence-electron chi connectivity index (χ0n) is 13.3. The molecule has 0 unspecified atom stereocenters. The van der Waals surface area contributed by atoms with Crippen LogP contribution in [-0.4, -0.2) is 18.2 Å². The Morgan fingerprint density at radius 2 is 1.68 bits per heavy atom. The largest absolute Gasteiger partial charge is 0.275 e. The Hall–Kier alpha value is -2.80. The number of hydrogen-bond acceptors (Lipinski definition) is 4. The van der Waals surface area contributed by atoms with E-state index >= 15 is 0 Å². The van der Waals surface area contributed by atoms with Gasteiger partial charge in [0.1, 0.15) is 16.5 Å². The molecule has 5 nitrogen and oxygen atoms in total. The highest BCUT2D eigenvalue weighted by Crippen LogP contribution is 2.21. The normalized spacial score (nSPS) is 11.0. The van der Waals surface area contributed by atoms with Crippen LogP contribution in [0.5, 0.6) is 0 Å². The first kappa shape index (κ1) is 17.0. The van der Waals surface area contributed by atoms with Crippen LogP contribution in [0.3, 0.4) is 0 Å². The number of hydrogen-bond donors (Lipinski definition) is 1. The maximum Gasteiger partial charge on any atom is 0.275 e. The van der Waals surface area contributed by atoms with Crippen molar-refractivity contribution in [1.82, 2.24) is 9.78 Å². The van der Waals surface area contributed by atoms with Crippen LogP contribution in [0.4, 0.5) is 4.39 Å². The average Bonchev–Trinajstić information content (AvgIpc) is 2.59. The third kappa shape index (κ3) is 3.66. The summed E-state index contributed by atoms with van der Waals surface area (Å²) in [6, 6.07) is 12.5. The lowest BCUT2D eigenvalue weighted by Crippen LogP contribution is -2.23. The van der Waals surface area contributed by atoms with Crippen molar-refractivity contribution in [3.8, 4) is 16.8 Å². The average molecular weight is 358 g/mol. The van der Waals surface area contributed by atoms with E-state index in [4.69, 9.17) is 0 Å². The van der Waals surface area contributed by atoms with Crippen LogP contribution in [-0.2, 0) is 16.5 Å². The lowest BCUT2D eigenvalue weighted by Gasteiger charge is -2.10. The van der Waals surface area contributed by atoms with Crippen LogP contribution < -0.4 is 5.56 Å². The number of thiol groups is 1. The number of halogens is 1. The lowest BCUT2D eigenvalue weighted by molar-refractivity contribution is 0.614. The molecule has 2 aromatic carbocycles. The quantitative estimate of drug-likeness (QED) is 0.728. The molecule has 7 heteroatoms. The predicted octanol–water partition coefficient (Wildman–Crippen LogP) is 2.46. The van der Waals surface area contributed by atoms with Crippen LogP contribution in [0.25, 0.3) is 16.8 Å². The van der Waals surface area contributed by atoms with E-state index in [9.17, 15) is 17.6 Å². The Bertz CT molecular complexity index is 1030. The van der Waals surface area contributed by atoms with Crippen molar-refractivity contribution in [2.24, 2.45) is 0 Å². The Morgan fingerprint density at radius 3 is 2.28 bits per heavy atom. The standard InChI is InChI=1S/C18H15FN2O3S/c1-12-17(14-4-2-13(3-5-14)11-25(23)24)10-20-21(18(12)22)16-8-6-15(19)7-9-16/h2-10,25H,11H2,1H3. The zero-order valence-corrected chi connectivity index (χ0v) is 14.2. The molecule has 3 rings (SSSR count). The van der Waals surface area contributed by atoms with Gasteiger partial charge in [0, 0.05) is 11.1 Å². The minimum Gasteiger partial charge on any atom is -0.267 e. The first-order chi connectivity index (χ1) is 12.0. The fraction of sp³-hybridized carbons (Fsp3) is 0.111. The SMILES string of the molecule is Cc1c(-c2ccc(C[SH](=O)=O)cc2)cnn(-c2ccc(F)cc2)c1=O. The molecule has 3 aromatic rings. The van der Waals surface area contributed by atoms with Crippen molar-refractivity contribution >= 4 is 10.7 Å². The molecule has 0 saturated heterocycles. The van der Waals surface area contributed by atoms with Crippen molar-refractivity contribution in [2.45, 2.75) is 12.7 Å². The summed E-state index contributed by atoms with van der Waals surface area (Å²) < 4.78 is 35.8. The zero-order chi connectivity index (χ0) is 18.0. The van der Waals surface area contributed by atoms with E-state index in [1.54, 1.807) is 37.4 Å². The van der Waals surface area contributed by atoms with Crippen molar-refractivity contribution in [1.29, 1.82) is 0 Å². The van der Waals surface area contributed by atoms with Crippen LogP contribution in [0.15, 0.2) is 59.5 Å². The number of aromatic nitrogens is 2. The van der Waals surface area contributed by atoms with Gasteiger partial charge in [-0.3, -0.25) is 4.79 Å². The van der Waals surface area contributed by atoms with Gasteiger partial charge in [-0.15, -0.1) is 0 Å². The highest BCUT2D eigenvalue weighted by molar-refractivity contribution is 7.71. The monoisotopic (exact) mass is 358 g/mol. The molecule has 0 aliphatic heterocycles. The summed E-state index contributed by atoms with van der Waals surface area (Å²) in [5.74, 6) is -0.399. The summed E-state index contributed by atoms with van der Waals surface area (Å²) >= 11 is 0. The van der Waals surface area contributed by atoms with Crippen LogP contribution in [0.1, 0.15) is 11.1 Å². The van der Waals surface area contributed by atoms with Gasteiger partial charge in [-0.2, -0.15) is 9.78 Å². The highest BCUT2D eigenvalue weighted by Gasteiger charge is 2.10. The molecule has 0 saturated carbocycles. The van der Waals surface area contributed by atoms with Crippen molar-refractivity contribution in [3.05, 3.63) is 82.0 Å². The van der Waals surface area contributed by atoms with E-state index in [1.165, 1.54) is 28.9 Å². The fourth-order valence-corrected chi connectivity index (χ4v) is 3.04. The third-order valence-electron chi connectivity index (χ3n) is 3.87. The topological polar surface area (TPSA) is 69.0 Å². The van der Waals surface area contributed by atoms with Gasteiger partial charge < -0.3 is 0 Å². The molecular formula is C18H15FN2O3S. The second-order valence-corrected chi connectivity index (χ2v) is 6.55. The van der Waals surface area contributed by atoms with Crippen molar-refractivity contribution in [3.63, 3.8) is 0 Å². The van der Waals surface area contributed by atoms with Gasteiger partial charge in [0.2, 0.25) is 0 Å². The number of nitrogens with zero attached hydrogens (tertiary/aromatic N) is 2. The molecule has 0 atom stereocenters. The van der Waals surface area contributed by atoms with Crippen molar-refractivity contribution < 1.29 is 12.8 Å². The van der Waals surface area contributed by atoms with Gasteiger partial charge in [0.15, 0.2) is 0 Å². The molecule has 25 heavy (non-hydrogen) atoms. The first-order valence-corrected chi connectivity index (χ1v) is 8.88. The molecule has 128 valence electrons. The van der Waals surface area contributed by atoms with Gasteiger partial charge in [-0.1, -0.05) is 24.3 Å². The minimum absolute atomic E-state index is 0.0149. The molecule has 0 N–H and O–H groups in total. The van der Waals surface area contributed by atoms with E-state index in [0.717, 1.165) is 5.56 Å². The Labute approximate surface area is 145 Å². The number of rotatable bonds is 4. The predicted molar refractivity (Wildman–Crippen MR) is 94.0 cm³/mol. The Morgan fingerprint density at radius 1 is 1.04 bits per heavy atom. The maximum absolute atomic E-state index is 13.0. The highest BCUT2D eigenvalue weighted by atomic mass is 32.2. The van der Waals surface area contributed by atoms with Gasteiger partial charge in [-0.05, 0) is 42.3 Å². The summed E-state index contributed by atoms with van der Waals surface area (Å²) in [5.41, 5.74) is 2.82. The fourth-order valence-electron chi connectivity index (χ4n) is 2.53. The van der Waals surface area contributed by atoms with E-state index in [0.29, 0.717) is 22.4 Å². The smallest absolute Gasteiger partial charge is 0.267 e. The molecule has 0 aliphatic rings. The second kappa shape index (κ2) is 6.98. The molecule has 1 heterocycles. The van der Waals surface area contributed by atoms with Crippen molar-refractivity contribution in [2.75, 3.05) is 0 Å². The van der Waals surface area contributed by atoms with Gasteiger partial charge in [0.05, 0.1) is 17.6 Å². The summed E-state index contributed by atoms with van der Waals surface area (Å²) in [4.78, 5) is 12.6. The van der Waals surface area contributed by atoms with Gasteiger partial charge in [0.25, 0.3) is 5.56 Å². The van der Waals surface area contributed by atoms with Crippen LogP contribution >= 0.6 is 0 Å².